The van der Waals surface area contributed by atoms with Crippen molar-refractivity contribution in [1.29, 1.82) is 0 Å². The molecule has 2 aromatic rings. The van der Waals surface area contributed by atoms with Crippen LogP contribution in [0.1, 0.15) is 47.9 Å². The van der Waals surface area contributed by atoms with Crippen molar-refractivity contribution in [3.05, 3.63) is 34.3 Å². The van der Waals surface area contributed by atoms with Crippen molar-refractivity contribution in [2.45, 2.75) is 44.6 Å². The van der Waals surface area contributed by atoms with Crippen LogP contribution in [0, 0.1) is 0 Å². The summed E-state index contributed by atoms with van der Waals surface area (Å²) >= 11 is 1.64. The lowest BCUT2D eigenvalue weighted by Crippen LogP contribution is -2.32. The number of benzene rings is 1. The van der Waals surface area contributed by atoms with Gasteiger partial charge in [0.15, 0.2) is 16.6 Å². The number of rotatable bonds is 6. The number of thiazole rings is 1. The van der Waals surface area contributed by atoms with Gasteiger partial charge in [-0.05, 0) is 62.8 Å². The van der Waals surface area contributed by atoms with Crippen LogP contribution in [0.15, 0.2) is 18.2 Å². The number of anilines is 1. The summed E-state index contributed by atoms with van der Waals surface area (Å²) in [6, 6.07) is 6.24. The van der Waals surface area contributed by atoms with Crippen molar-refractivity contribution in [2.75, 3.05) is 32.6 Å². The first-order chi connectivity index (χ1) is 13.7. The molecule has 4 rings (SSSR count). The van der Waals surface area contributed by atoms with E-state index in [-0.39, 0.29) is 11.9 Å². The molecule has 1 amide bonds. The molecule has 28 heavy (non-hydrogen) atoms. The van der Waals surface area contributed by atoms with Gasteiger partial charge in [-0.3, -0.25) is 9.69 Å². The van der Waals surface area contributed by atoms with Gasteiger partial charge in [-0.2, -0.15) is 0 Å². The number of carbonyl (C=O) groups is 1. The molecule has 0 spiro atoms. The van der Waals surface area contributed by atoms with E-state index in [1.165, 1.54) is 23.4 Å². The Morgan fingerprint density at radius 1 is 1.21 bits per heavy atom. The molecule has 1 saturated heterocycles. The minimum Gasteiger partial charge on any atom is -0.493 e. The summed E-state index contributed by atoms with van der Waals surface area (Å²) < 4.78 is 10.8. The summed E-state index contributed by atoms with van der Waals surface area (Å²) in [7, 11) is 3.29. The van der Waals surface area contributed by atoms with Crippen molar-refractivity contribution in [3.8, 4) is 11.5 Å². The summed E-state index contributed by atoms with van der Waals surface area (Å²) in [5, 5.41) is 3.77. The average molecular weight is 402 g/mol. The quantitative estimate of drug-likeness (QED) is 0.797. The number of carbonyl (C=O) groups excluding carboxylic acids is 1. The average Bonchev–Trinajstić information content (AvgIpc) is 3.33. The second-order valence-corrected chi connectivity index (χ2v) is 8.47. The molecule has 7 heteroatoms. The van der Waals surface area contributed by atoms with Crippen LogP contribution in [0.4, 0.5) is 5.13 Å². The predicted octanol–water partition coefficient (Wildman–Crippen LogP) is 3.81. The number of fused-ring (bicyclic) bond motifs is 1. The van der Waals surface area contributed by atoms with Crippen molar-refractivity contribution in [3.63, 3.8) is 0 Å². The maximum Gasteiger partial charge on any atom is 0.240 e. The molecule has 1 aliphatic carbocycles. The second-order valence-electron chi connectivity index (χ2n) is 7.39. The number of hydrogen-bond acceptors (Lipinski definition) is 6. The summed E-state index contributed by atoms with van der Waals surface area (Å²) in [5.41, 5.74) is 2.34. The molecule has 1 fully saturated rings. The molecule has 0 bridgehead atoms. The van der Waals surface area contributed by atoms with Crippen LogP contribution in [0.25, 0.3) is 0 Å². The molecule has 0 saturated carbocycles. The predicted molar refractivity (Wildman–Crippen MR) is 110 cm³/mol. The monoisotopic (exact) mass is 401 g/mol. The Morgan fingerprint density at radius 3 is 2.82 bits per heavy atom. The number of aryl methyl sites for hydroxylation is 2. The molecule has 1 aromatic heterocycles. The van der Waals surface area contributed by atoms with Crippen molar-refractivity contribution in [1.82, 2.24) is 9.88 Å². The maximum atomic E-state index is 12.7. The Morgan fingerprint density at radius 2 is 2.04 bits per heavy atom. The van der Waals surface area contributed by atoms with Gasteiger partial charge >= 0.3 is 0 Å². The number of aromatic nitrogens is 1. The highest BCUT2D eigenvalue weighted by atomic mass is 32.1. The molecule has 6 nitrogen and oxygen atoms in total. The number of nitrogens with zero attached hydrogens (tertiary/aromatic N) is 2. The first-order valence-electron chi connectivity index (χ1n) is 9.92. The second kappa shape index (κ2) is 8.49. The zero-order chi connectivity index (χ0) is 19.5. The van der Waals surface area contributed by atoms with E-state index >= 15 is 0 Å². The number of likely N-dealkylation sites (tertiary alicyclic amines) is 1. The van der Waals surface area contributed by atoms with Gasteiger partial charge in [-0.15, -0.1) is 11.3 Å². The van der Waals surface area contributed by atoms with Crippen molar-refractivity contribution in [2.24, 2.45) is 0 Å². The minimum absolute atomic E-state index is 0.0125. The minimum atomic E-state index is 0.0125. The molecule has 1 aliphatic heterocycles. The lowest BCUT2D eigenvalue weighted by Gasteiger charge is -2.24. The fraction of sp³-hybridized carbons (Fsp3) is 0.524. The standard InChI is InChI=1S/C21H27N3O3S/c1-26-17-10-9-14(12-18(17)27-2)16-7-5-11-24(16)13-20(25)23-21-22-15-6-3-4-8-19(15)28-21/h9-10,12,16H,3-8,11,13H2,1-2H3,(H,22,23,25)/t16-/m0/s1. The van der Waals surface area contributed by atoms with Crippen LogP contribution >= 0.6 is 11.3 Å². The fourth-order valence-electron chi connectivity index (χ4n) is 4.20. The van der Waals surface area contributed by atoms with Crippen molar-refractivity contribution >= 4 is 22.4 Å². The van der Waals surface area contributed by atoms with Crippen LogP contribution in [0.3, 0.4) is 0 Å². The Bertz CT molecular complexity index is 828. The lowest BCUT2D eigenvalue weighted by molar-refractivity contribution is -0.117. The molecule has 1 atom stereocenters. The summed E-state index contributed by atoms with van der Waals surface area (Å²) in [5.74, 6) is 1.46. The fourth-order valence-corrected chi connectivity index (χ4v) is 5.27. The Labute approximate surface area is 169 Å². The topological polar surface area (TPSA) is 63.7 Å². The molecule has 1 aromatic carbocycles. The molecule has 150 valence electrons. The molecule has 2 aliphatic rings. The van der Waals surface area contributed by atoms with E-state index in [0.29, 0.717) is 6.54 Å². The zero-order valence-electron chi connectivity index (χ0n) is 16.5. The number of ether oxygens (including phenoxy) is 2. The molecular weight excluding hydrogens is 374 g/mol. The molecule has 0 unspecified atom stereocenters. The van der Waals surface area contributed by atoms with E-state index in [1.54, 1.807) is 25.6 Å². The first-order valence-corrected chi connectivity index (χ1v) is 10.7. The van der Waals surface area contributed by atoms with E-state index in [4.69, 9.17) is 9.47 Å². The smallest absolute Gasteiger partial charge is 0.240 e. The number of hydrogen-bond donors (Lipinski definition) is 1. The Hall–Kier alpha value is -2.12. The van der Waals surface area contributed by atoms with Crippen LogP contribution in [-0.2, 0) is 17.6 Å². The van der Waals surface area contributed by atoms with Crippen LogP contribution < -0.4 is 14.8 Å². The number of amides is 1. The van der Waals surface area contributed by atoms with Gasteiger partial charge in [0, 0.05) is 10.9 Å². The highest BCUT2D eigenvalue weighted by Crippen LogP contribution is 2.37. The zero-order valence-corrected chi connectivity index (χ0v) is 17.3. The van der Waals surface area contributed by atoms with E-state index in [2.05, 4.69) is 21.3 Å². The van der Waals surface area contributed by atoms with E-state index < -0.39 is 0 Å². The molecule has 1 N–H and O–H groups in total. The maximum absolute atomic E-state index is 12.7. The van der Waals surface area contributed by atoms with E-state index in [9.17, 15) is 4.79 Å². The lowest BCUT2D eigenvalue weighted by atomic mass is 10.0. The normalized spacial score (nSPS) is 19.3. The highest BCUT2D eigenvalue weighted by molar-refractivity contribution is 7.15. The van der Waals surface area contributed by atoms with Crippen molar-refractivity contribution < 1.29 is 14.3 Å². The number of nitrogens with one attached hydrogen (secondary N) is 1. The summed E-state index contributed by atoms with van der Waals surface area (Å²) in [6.45, 7) is 1.30. The third kappa shape index (κ3) is 4.00. The van der Waals surface area contributed by atoms with Gasteiger partial charge in [0.1, 0.15) is 0 Å². The summed E-state index contributed by atoms with van der Waals surface area (Å²) in [4.78, 5) is 20.9. The van der Waals surface area contributed by atoms with Crippen LogP contribution in [-0.4, -0.2) is 43.1 Å². The van der Waals surface area contributed by atoms with Gasteiger partial charge < -0.3 is 14.8 Å². The number of methoxy groups -OCH3 is 2. The summed E-state index contributed by atoms with van der Waals surface area (Å²) in [6.07, 6.45) is 6.67. The van der Waals surface area contributed by atoms with Crippen LogP contribution in [0.5, 0.6) is 11.5 Å². The van der Waals surface area contributed by atoms with Crippen LogP contribution in [0.2, 0.25) is 0 Å². The van der Waals surface area contributed by atoms with Gasteiger partial charge in [0.2, 0.25) is 5.91 Å². The van der Waals surface area contributed by atoms with Gasteiger partial charge in [-0.1, -0.05) is 6.07 Å². The van der Waals surface area contributed by atoms with Gasteiger partial charge in [-0.25, -0.2) is 4.98 Å². The van der Waals surface area contributed by atoms with Gasteiger partial charge in [0.05, 0.1) is 26.5 Å². The highest BCUT2D eigenvalue weighted by Gasteiger charge is 2.28. The molecular formula is C21H27N3O3S. The molecule has 2 heterocycles. The Kier molecular flexibility index (Phi) is 5.82. The SMILES string of the molecule is COc1ccc([C@@H]2CCCN2CC(=O)Nc2nc3c(s2)CCCC3)cc1OC. The van der Waals surface area contributed by atoms with E-state index in [0.717, 1.165) is 54.4 Å². The Balaban J connectivity index is 1.42. The third-order valence-electron chi connectivity index (χ3n) is 5.59. The van der Waals surface area contributed by atoms with Gasteiger partial charge in [0.25, 0.3) is 0 Å². The van der Waals surface area contributed by atoms with E-state index in [1.807, 2.05) is 12.1 Å². The largest absolute Gasteiger partial charge is 0.493 e. The third-order valence-corrected chi connectivity index (χ3v) is 6.67. The molecule has 0 radical (unpaired) electrons. The first kappa shape index (κ1) is 19.2.